The third-order valence-electron chi connectivity index (χ3n) is 6.05. The van der Waals surface area contributed by atoms with Crippen LogP contribution >= 0.6 is 31.9 Å². The second kappa shape index (κ2) is 21.9. The summed E-state index contributed by atoms with van der Waals surface area (Å²) in [5.74, 6) is -0.801. The molecule has 0 amide bonds. The van der Waals surface area contributed by atoms with Crippen LogP contribution in [-0.2, 0) is 28.7 Å². The quantitative estimate of drug-likeness (QED) is 0.125. The molecule has 2 aromatic carbocycles. The minimum Gasteiger partial charge on any atom is -0.463 e. The number of rotatable bonds is 14. The molecule has 2 aromatic rings. The molecule has 0 radical (unpaired) electrons. The minimum absolute atomic E-state index is 0.0398. The van der Waals surface area contributed by atoms with E-state index in [1.807, 2.05) is 98.7 Å². The van der Waals surface area contributed by atoms with Gasteiger partial charge in [-0.2, -0.15) is 0 Å². The molecule has 10 heteroatoms. The van der Waals surface area contributed by atoms with Gasteiger partial charge in [-0.05, 0) is 73.4 Å². The number of nitrogens with zero attached hydrogens (tertiary/aromatic N) is 2. The van der Waals surface area contributed by atoms with E-state index in [-0.39, 0.29) is 34.3 Å². The minimum atomic E-state index is -0.883. The Bertz CT molecular complexity index is 1170. The number of carbonyl (C=O) groups excluding carboxylic acids is 4. The lowest BCUT2D eigenvalue weighted by molar-refractivity contribution is -0.146. The predicted molar refractivity (Wildman–Crippen MR) is 184 cm³/mol. The molecule has 44 heavy (non-hydrogen) atoms. The normalized spacial score (nSPS) is 13.2. The van der Waals surface area contributed by atoms with E-state index in [1.165, 1.54) is 0 Å². The van der Waals surface area contributed by atoms with E-state index in [4.69, 9.17) is 9.47 Å². The Hall–Kier alpha value is -2.66. The van der Waals surface area contributed by atoms with Gasteiger partial charge >= 0.3 is 11.9 Å². The maximum absolute atomic E-state index is 12.2. The van der Waals surface area contributed by atoms with Crippen molar-refractivity contribution in [2.24, 2.45) is 0 Å². The van der Waals surface area contributed by atoms with Crippen LogP contribution in [0, 0.1) is 0 Å². The molecule has 0 saturated heterocycles. The van der Waals surface area contributed by atoms with Gasteiger partial charge in [0, 0.05) is 24.6 Å². The van der Waals surface area contributed by atoms with E-state index in [1.54, 1.807) is 27.7 Å². The first-order valence-corrected chi connectivity index (χ1v) is 15.9. The van der Waals surface area contributed by atoms with Crippen LogP contribution in [0.25, 0.3) is 0 Å². The van der Waals surface area contributed by atoms with Gasteiger partial charge in [0.25, 0.3) is 0 Å². The standard InChI is InChI=1S/C17H24BrNO3.C9H9BrO.C8H15NO2/c1-13(20)15(14-8-6-5-7-9-14)12-17(2,18)16(21)22-11-10-19(3)4;1-7(11)9(10)8-5-3-2-4-6-8;1-7(2)8(10)11-6-5-9(3)4/h5-9,15H,10-12H2,1-4H3;2-6,9H,1H3;1,5-6H2,2-4H3. The van der Waals surface area contributed by atoms with Crippen LogP contribution in [0.15, 0.2) is 72.8 Å². The van der Waals surface area contributed by atoms with E-state index in [0.29, 0.717) is 31.8 Å². The molecular formula is C34H48Br2N2O6. The molecule has 2 rings (SSSR count). The third kappa shape index (κ3) is 18.2. The summed E-state index contributed by atoms with van der Waals surface area (Å²) in [6.07, 6.45) is 0.368. The Labute approximate surface area is 280 Å². The number of carbonyl (C=O) groups is 4. The highest BCUT2D eigenvalue weighted by Gasteiger charge is 2.36. The van der Waals surface area contributed by atoms with Crippen molar-refractivity contribution in [3.63, 3.8) is 0 Å². The lowest BCUT2D eigenvalue weighted by atomic mass is 9.87. The van der Waals surface area contributed by atoms with Gasteiger partial charge in [-0.3, -0.25) is 14.4 Å². The predicted octanol–water partition coefficient (Wildman–Crippen LogP) is 6.39. The van der Waals surface area contributed by atoms with Gasteiger partial charge in [-0.1, -0.05) is 99.1 Å². The Morgan fingerprint density at radius 2 is 1.20 bits per heavy atom. The molecule has 0 fully saturated rings. The molecule has 244 valence electrons. The van der Waals surface area contributed by atoms with Crippen LogP contribution in [-0.4, -0.2) is 92.1 Å². The first kappa shape index (κ1) is 41.3. The number of Topliss-reactive ketones (excluding diaryl/α,β-unsaturated/α-hetero) is 2. The van der Waals surface area contributed by atoms with Crippen molar-refractivity contribution >= 4 is 55.4 Å². The Kier molecular flexibility index (Phi) is 20.6. The topological polar surface area (TPSA) is 93.2 Å². The summed E-state index contributed by atoms with van der Waals surface area (Å²) in [6, 6.07) is 19.2. The van der Waals surface area contributed by atoms with Crippen molar-refractivity contribution < 1.29 is 28.7 Å². The van der Waals surface area contributed by atoms with E-state index in [9.17, 15) is 19.2 Å². The van der Waals surface area contributed by atoms with Gasteiger partial charge in [-0.15, -0.1) is 0 Å². The fraction of sp³-hybridized carbons (Fsp3) is 0.471. The first-order valence-electron chi connectivity index (χ1n) is 14.2. The zero-order valence-corrected chi connectivity index (χ0v) is 30.4. The van der Waals surface area contributed by atoms with Gasteiger partial charge in [-0.25, -0.2) is 4.79 Å². The molecule has 0 N–H and O–H groups in total. The molecule has 3 unspecified atom stereocenters. The molecule has 3 atom stereocenters. The number of hydrogen-bond donors (Lipinski definition) is 0. The monoisotopic (exact) mass is 738 g/mol. The fourth-order valence-corrected chi connectivity index (χ4v) is 4.16. The number of ether oxygens (including phenoxy) is 2. The molecule has 0 bridgehead atoms. The summed E-state index contributed by atoms with van der Waals surface area (Å²) in [7, 11) is 7.69. The Balaban J connectivity index is 0.000000704. The molecular weight excluding hydrogens is 692 g/mol. The van der Waals surface area contributed by atoms with E-state index in [2.05, 4.69) is 38.4 Å². The van der Waals surface area contributed by atoms with Gasteiger partial charge in [0.05, 0.1) is 4.83 Å². The third-order valence-corrected chi connectivity index (χ3v) is 7.87. The second-order valence-corrected chi connectivity index (χ2v) is 13.7. The molecule has 0 aromatic heterocycles. The Morgan fingerprint density at radius 3 is 1.59 bits per heavy atom. The Morgan fingerprint density at radius 1 is 0.773 bits per heavy atom. The smallest absolute Gasteiger partial charge is 0.333 e. The second-order valence-electron chi connectivity index (χ2n) is 11.0. The molecule has 0 saturated carbocycles. The highest BCUT2D eigenvalue weighted by Crippen LogP contribution is 2.33. The van der Waals surface area contributed by atoms with Crippen LogP contribution in [0.4, 0.5) is 0 Å². The van der Waals surface area contributed by atoms with Crippen molar-refractivity contribution in [1.82, 2.24) is 9.80 Å². The molecule has 8 nitrogen and oxygen atoms in total. The van der Waals surface area contributed by atoms with Crippen molar-refractivity contribution in [3.05, 3.63) is 83.9 Å². The van der Waals surface area contributed by atoms with Crippen LogP contribution in [0.5, 0.6) is 0 Å². The lowest BCUT2D eigenvalue weighted by Gasteiger charge is -2.25. The fourth-order valence-electron chi connectivity index (χ4n) is 3.42. The van der Waals surface area contributed by atoms with Crippen LogP contribution in [0.3, 0.4) is 0 Å². The number of alkyl halides is 2. The summed E-state index contributed by atoms with van der Waals surface area (Å²) < 4.78 is 9.25. The zero-order chi connectivity index (χ0) is 33.9. The maximum atomic E-state index is 12.2. The zero-order valence-electron chi connectivity index (χ0n) is 27.3. The van der Waals surface area contributed by atoms with Crippen molar-refractivity contribution in [3.8, 4) is 0 Å². The van der Waals surface area contributed by atoms with E-state index in [0.717, 1.165) is 17.7 Å². The summed E-state index contributed by atoms with van der Waals surface area (Å²) in [5, 5.41) is 0. The van der Waals surface area contributed by atoms with Gasteiger partial charge in [0.1, 0.15) is 29.1 Å². The molecule has 0 spiro atoms. The van der Waals surface area contributed by atoms with Gasteiger partial charge in [0.2, 0.25) is 0 Å². The van der Waals surface area contributed by atoms with E-state index < -0.39 is 4.32 Å². The number of hydrogen-bond acceptors (Lipinski definition) is 8. The summed E-state index contributed by atoms with van der Waals surface area (Å²) in [5.41, 5.74) is 2.38. The van der Waals surface area contributed by atoms with Gasteiger partial charge < -0.3 is 19.3 Å². The van der Waals surface area contributed by atoms with Gasteiger partial charge in [0.15, 0.2) is 0 Å². The highest BCUT2D eigenvalue weighted by molar-refractivity contribution is 9.10. The van der Waals surface area contributed by atoms with Crippen molar-refractivity contribution in [2.75, 3.05) is 54.5 Å². The molecule has 0 heterocycles. The average molecular weight is 741 g/mol. The SMILES string of the molecule is C=C(C)C(=O)OCCN(C)C.CC(=O)C(Br)c1ccccc1.CC(=O)C(CC(C)(Br)C(=O)OCCN(C)C)c1ccccc1. The number of ketones is 2. The highest BCUT2D eigenvalue weighted by atomic mass is 79.9. The molecule has 0 aliphatic carbocycles. The average Bonchev–Trinajstić information content (AvgIpc) is 2.96. The van der Waals surface area contributed by atoms with Crippen molar-refractivity contribution in [2.45, 2.75) is 49.2 Å². The van der Waals surface area contributed by atoms with E-state index >= 15 is 0 Å². The largest absolute Gasteiger partial charge is 0.463 e. The number of esters is 2. The number of likely N-dealkylation sites (N-methyl/N-ethyl adjacent to an activating group) is 2. The van der Waals surface area contributed by atoms with Crippen LogP contribution in [0.2, 0.25) is 0 Å². The van der Waals surface area contributed by atoms with Crippen molar-refractivity contribution in [1.29, 1.82) is 0 Å². The number of benzene rings is 2. The molecule has 0 aliphatic heterocycles. The van der Waals surface area contributed by atoms with Crippen LogP contribution < -0.4 is 0 Å². The maximum Gasteiger partial charge on any atom is 0.333 e. The van der Waals surface area contributed by atoms with Crippen LogP contribution in [0.1, 0.15) is 56.0 Å². The first-order chi connectivity index (χ1) is 20.5. The number of halogens is 2. The lowest BCUT2D eigenvalue weighted by Crippen LogP contribution is -2.35. The molecule has 0 aliphatic rings. The summed E-state index contributed by atoms with van der Waals surface area (Å²) in [6.45, 7) is 12.2. The summed E-state index contributed by atoms with van der Waals surface area (Å²) in [4.78, 5) is 49.6. The summed E-state index contributed by atoms with van der Waals surface area (Å²) >= 11 is 6.74.